The molecule has 7 heteroatoms. The first kappa shape index (κ1) is 22.1. The minimum atomic E-state index is -0.434. The number of nitrogens with two attached hydrogens (primary N) is 1. The minimum absolute atomic E-state index is 0. The van der Waals surface area contributed by atoms with Gasteiger partial charge in [-0.15, -0.1) is 12.4 Å². The van der Waals surface area contributed by atoms with Crippen molar-refractivity contribution < 1.29 is 9.18 Å². The molecule has 1 amide bonds. The minimum Gasteiger partial charge on any atom is -0.344 e. The van der Waals surface area contributed by atoms with Crippen LogP contribution < -0.4 is 5.73 Å². The van der Waals surface area contributed by atoms with E-state index in [1.54, 1.807) is 18.0 Å². The number of aromatic nitrogens is 2. The van der Waals surface area contributed by atoms with Gasteiger partial charge in [0.05, 0.1) is 11.7 Å². The Labute approximate surface area is 160 Å². The maximum atomic E-state index is 13.3. The van der Waals surface area contributed by atoms with Gasteiger partial charge in [-0.1, -0.05) is 26.0 Å². The highest BCUT2D eigenvalue weighted by Gasteiger charge is 2.18. The van der Waals surface area contributed by atoms with Crippen molar-refractivity contribution in [3.63, 3.8) is 0 Å². The van der Waals surface area contributed by atoms with E-state index in [4.69, 9.17) is 5.73 Å². The van der Waals surface area contributed by atoms with E-state index in [0.717, 1.165) is 29.8 Å². The first-order valence-electron chi connectivity index (χ1n) is 8.67. The van der Waals surface area contributed by atoms with E-state index in [1.807, 2.05) is 12.1 Å². The lowest BCUT2D eigenvalue weighted by molar-refractivity contribution is -0.131. The van der Waals surface area contributed by atoms with Crippen molar-refractivity contribution in [1.82, 2.24) is 15.1 Å². The van der Waals surface area contributed by atoms with Gasteiger partial charge in [0.25, 0.3) is 0 Å². The number of carbonyl (C=O) groups is 1. The van der Waals surface area contributed by atoms with Crippen molar-refractivity contribution in [1.29, 1.82) is 0 Å². The first-order chi connectivity index (χ1) is 11.9. The van der Waals surface area contributed by atoms with Crippen LogP contribution in [0, 0.1) is 11.7 Å². The first-order valence-corrected chi connectivity index (χ1v) is 8.67. The van der Waals surface area contributed by atoms with Crippen LogP contribution in [0.3, 0.4) is 0 Å². The lowest BCUT2D eigenvalue weighted by Gasteiger charge is -2.22. The number of aromatic amines is 1. The fourth-order valence-electron chi connectivity index (χ4n) is 2.79. The zero-order chi connectivity index (χ0) is 18.4. The predicted octanol–water partition coefficient (Wildman–Crippen LogP) is 3.40. The van der Waals surface area contributed by atoms with Gasteiger partial charge in [0.1, 0.15) is 5.82 Å². The second-order valence-electron chi connectivity index (χ2n) is 6.89. The molecular weight excluding hydrogens is 355 g/mol. The number of hydrogen-bond donors (Lipinski definition) is 2. The third kappa shape index (κ3) is 6.42. The molecule has 1 atom stereocenters. The van der Waals surface area contributed by atoms with E-state index in [9.17, 15) is 9.18 Å². The number of aryl methyl sites for hydroxylation is 1. The molecule has 3 N–H and O–H groups in total. The fraction of sp³-hybridized carbons (Fsp3) is 0.474. The number of carbonyl (C=O) groups excluding carboxylic acids is 1. The van der Waals surface area contributed by atoms with E-state index in [2.05, 4.69) is 24.0 Å². The number of nitrogens with zero attached hydrogens (tertiary/aromatic N) is 2. The zero-order valence-corrected chi connectivity index (χ0v) is 16.4. The normalized spacial score (nSPS) is 11.9. The number of likely N-dealkylation sites (N-methyl/N-ethyl adjacent to an activating group) is 1. The number of rotatable bonds is 8. The summed E-state index contributed by atoms with van der Waals surface area (Å²) in [6.45, 7) is 4.75. The molecule has 0 aliphatic heterocycles. The van der Waals surface area contributed by atoms with Gasteiger partial charge in [0, 0.05) is 24.8 Å². The molecule has 0 saturated carbocycles. The van der Waals surface area contributed by atoms with E-state index in [0.29, 0.717) is 18.9 Å². The summed E-state index contributed by atoms with van der Waals surface area (Å²) < 4.78 is 13.3. The summed E-state index contributed by atoms with van der Waals surface area (Å²) in [5, 5.41) is 7.20. The van der Waals surface area contributed by atoms with Gasteiger partial charge < -0.3 is 10.6 Å². The molecule has 0 bridgehead atoms. The van der Waals surface area contributed by atoms with Crippen LogP contribution in [0.15, 0.2) is 30.3 Å². The van der Waals surface area contributed by atoms with Crippen molar-refractivity contribution in [3.8, 4) is 11.3 Å². The van der Waals surface area contributed by atoms with E-state index < -0.39 is 6.04 Å². The van der Waals surface area contributed by atoms with Gasteiger partial charge in [0.2, 0.25) is 5.91 Å². The van der Waals surface area contributed by atoms with Crippen LogP contribution in [0.1, 0.15) is 32.4 Å². The average Bonchev–Trinajstić information content (AvgIpc) is 3.02. The van der Waals surface area contributed by atoms with Gasteiger partial charge >= 0.3 is 0 Å². The molecule has 5 nitrogen and oxygen atoms in total. The summed E-state index contributed by atoms with van der Waals surface area (Å²) in [7, 11) is 1.79. The topological polar surface area (TPSA) is 75.0 Å². The van der Waals surface area contributed by atoms with E-state index in [1.165, 1.54) is 12.1 Å². The average molecular weight is 383 g/mol. The molecule has 26 heavy (non-hydrogen) atoms. The molecule has 0 aliphatic carbocycles. The maximum Gasteiger partial charge on any atom is 0.239 e. The summed E-state index contributed by atoms with van der Waals surface area (Å²) in [5.41, 5.74) is 8.37. The van der Waals surface area contributed by atoms with E-state index >= 15 is 0 Å². The molecule has 1 heterocycles. The summed E-state index contributed by atoms with van der Waals surface area (Å²) in [5.74, 6) is 0.109. The third-order valence-corrected chi connectivity index (χ3v) is 4.11. The standard InChI is InChI=1S/C19H27FN4O.ClH/c1-13(2)10-17(21)19(25)24(3)9-5-8-16-12-18(23-22-16)14-6-4-7-15(20)11-14;/h4,6-7,11-13,17H,5,8-10,21H2,1-3H3,(H,22,23);1H/t17-;/m0./s1. The number of nitrogens with one attached hydrogen (secondary N) is 1. The fourth-order valence-corrected chi connectivity index (χ4v) is 2.79. The van der Waals surface area contributed by atoms with Crippen LogP contribution in [0.25, 0.3) is 11.3 Å². The summed E-state index contributed by atoms with van der Waals surface area (Å²) in [6, 6.07) is 7.85. The molecule has 2 aromatic rings. The Hall–Kier alpha value is -1.92. The number of halogens is 2. The maximum absolute atomic E-state index is 13.3. The molecular formula is C19H28ClFN4O. The highest BCUT2D eigenvalue weighted by Crippen LogP contribution is 2.19. The molecule has 1 aromatic carbocycles. The molecule has 0 aliphatic rings. The highest BCUT2D eigenvalue weighted by molar-refractivity contribution is 5.85. The number of hydrogen-bond acceptors (Lipinski definition) is 3. The quantitative estimate of drug-likeness (QED) is 0.734. The van der Waals surface area contributed by atoms with Crippen molar-refractivity contribution in [2.24, 2.45) is 11.7 Å². The zero-order valence-electron chi connectivity index (χ0n) is 15.5. The Bertz CT molecular complexity index is 704. The smallest absolute Gasteiger partial charge is 0.239 e. The second kappa shape index (κ2) is 10.3. The lowest BCUT2D eigenvalue weighted by atomic mass is 10.0. The molecule has 144 valence electrons. The van der Waals surface area contributed by atoms with Crippen LogP contribution in [-0.2, 0) is 11.2 Å². The van der Waals surface area contributed by atoms with E-state index in [-0.39, 0.29) is 24.1 Å². The molecule has 1 aromatic heterocycles. The number of amides is 1. The van der Waals surface area contributed by atoms with Crippen LogP contribution in [0.4, 0.5) is 4.39 Å². The molecule has 2 rings (SSSR count). The Morgan fingerprint density at radius 3 is 2.73 bits per heavy atom. The predicted molar refractivity (Wildman–Crippen MR) is 105 cm³/mol. The summed E-state index contributed by atoms with van der Waals surface area (Å²) in [6.07, 6.45) is 2.27. The van der Waals surface area contributed by atoms with Crippen molar-refractivity contribution in [3.05, 3.63) is 41.8 Å². The molecule has 0 unspecified atom stereocenters. The molecule has 0 fully saturated rings. The Balaban J connectivity index is 0.00000338. The molecule has 0 saturated heterocycles. The van der Waals surface area contributed by atoms with Crippen LogP contribution in [0.2, 0.25) is 0 Å². The van der Waals surface area contributed by atoms with Gasteiger partial charge in [-0.2, -0.15) is 5.10 Å². The van der Waals surface area contributed by atoms with Crippen LogP contribution >= 0.6 is 12.4 Å². The van der Waals surface area contributed by atoms with Gasteiger partial charge in [-0.05, 0) is 43.4 Å². The van der Waals surface area contributed by atoms with Crippen molar-refractivity contribution >= 4 is 18.3 Å². The largest absolute Gasteiger partial charge is 0.344 e. The number of benzene rings is 1. The third-order valence-electron chi connectivity index (χ3n) is 4.11. The van der Waals surface area contributed by atoms with Crippen LogP contribution in [0.5, 0.6) is 0 Å². The number of H-pyrrole nitrogens is 1. The highest BCUT2D eigenvalue weighted by atomic mass is 35.5. The molecule has 0 spiro atoms. The Morgan fingerprint density at radius 1 is 1.35 bits per heavy atom. The van der Waals surface area contributed by atoms with Gasteiger partial charge in [-0.25, -0.2) is 4.39 Å². The monoisotopic (exact) mass is 382 g/mol. The molecule has 0 radical (unpaired) electrons. The van der Waals surface area contributed by atoms with Crippen molar-refractivity contribution in [2.45, 2.75) is 39.2 Å². The summed E-state index contributed by atoms with van der Waals surface area (Å²) >= 11 is 0. The lowest BCUT2D eigenvalue weighted by Crippen LogP contribution is -2.42. The Morgan fingerprint density at radius 2 is 2.08 bits per heavy atom. The summed E-state index contributed by atoms with van der Waals surface area (Å²) in [4.78, 5) is 13.9. The SMILES string of the molecule is CC(C)C[C@H](N)C(=O)N(C)CCCc1cc(-c2cccc(F)c2)n[nH]1.Cl. The van der Waals surface area contributed by atoms with Crippen LogP contribution in [-0.4, -0.2) is 40.6 Å². The Kier molecular flexibility index (Phi) is 8.75. The van der Waals surface area contributed by atoms with Crippen molar-refractivity contribution in [2.75, 3.05) is 13.6 Å². The van der Waals surface area contributed by atoms with Gasteiger partial charge in [0.15, 0.2) is 0 Å². The second-order valence-corrected chi connectivity index (χ2v) is 6.89. The van der Waals surface area contributed by atoms with Gasteiger partial charge in [-0.3, -0.25) is 9.89 Å².